The van der Waals surface area contributed by atoms with Crippen molar-refractivity contribution in [3.63, 3.8) is 0 Å². The topological polar surface area (TPSA) is 38.7 Å². The summed E-state index contributed by atoms with van der Waals surface area (Å²) in [5, 5.41) is 0.917. The van der Waals surface area contributed by atoms with Gasteiger partial charge < -0.3 is 0 Å². The fourth-order valence-electron chi connectivity index (χ4n) is 3.20. The monoisotopic (exact) mass is 347 g/mol. The lowest BCUT2D eigenvalue weighted by atomic mass is 9.96. The Morgan fingerprint density at radius 3 is 2.42 bits per heavy atom. The highest BCUT2D eigenvalue weighted by Crippen LogP contribution is 2.32. The molecule has 128 valence electrons. The molecule has 26 heavy (non-hydrogen) atoms. The van der Waals surface area contributed by atoms with E-state index < -0.39 is 11.6 Å². The predicted molar refractivity (Wildman–Crippen MR) is 97.6 cm³/mol. The summed E-state index contributed by atoms with van der Waals surface area (Å²) >= 11 is 0. The third-order valence-corrected chi connectivity index (χ3v) is 4.46. The van der Waals surface area contributed by atoms with E-state index in [1.165, 1.54) is 6.07 Å². The van der Waals surface area contributed by atoms with Crippen LogP contribution in [-0.4, -0.2) is 15.0 Å². The maximum atomic E-state index is 13.6. The number of pyridine rings is 1. The Labute approximate surface area is 149 Å². The molecule has 2 heterocycles. The lowest BCUT2D eigenvalue weighted by molar-refractivity contribution is 0.509. The van der Waals surface area contributed by atoms with Gasteiger partial charge in [0.2, 0.25) is 0 Å². The largest absolute Gasteiger partial charge is 0.264 e. The molecule has 0 fully saturated rings. The molecule has 3 nitrogen and oxygen atoms in total. The molecule has 0 radical (unpaired) electrons. The van der Waals surface area contributed by atoms with Gasteiger partial charge in [0.1, 0.15) is 0 Å². The molecule has 4 aromatic rings. The second-order valence-corrected chi connectivity index (χ2v) is 6.14. The molecule has 0 aliphatic carbocycles. The summed E-state index contributed by atoms with van der Waals surface area (Å²) in [5.74, 6) is -1.10. The third-order valence-electron chi connectivity index (χ3n) is 4.46. The van der Waals surface area contributed by atoms with E-state index in [1.54, 1.807) is 18.5 Å². The van der Waals surface area contributed by atoms with Crippen molar-refractivity contribution in [1.29, 1.82) is 0 Å². The summed E-state index contributed by atoms with van der Waals surface area (Å²) in [4.78, 5) is 13.4. The van der Waals surface area contributed by atoms with E-state index in [0.29, 0.717) is 11.4 Å². The molecule has 4 rings (SSSR count). The minimum Gasteiger partial charge on any atom is -0.264 e. The van der Waals surface area contributed by atoms with Gasteiger partial charge in [-0.05, 0) is 60.9 Å². The van der Waals surface area contributed by atoms with Crippen LogP contribution in [0.25, 0.3) is 33.4 Å². The fourth-order valence-corrected chi connectivity index (χ4v) is 3.20. The molecule has 0 amide bonds. The van der Waals surface area contributed by atoms with Crippen molar-refractivity contribution < 1.29 is 8.78 Å². The minimum atomic E-state index is -0.859. The van der Waals surface area contributed by atoms with E-state index in [0.717, 1.165) is 39.4 Å². The average molecular weight is 347 g/mol. The number of hydrogen-bond acceptors (Lipinski definition) is 3. The number of benzene rings is 2. The highest BCUT2D eigenvalue weighted by Gasteiger charge is 2.13. The van der Waals surface area contributed by atoms with Crippen molar-refractivity contribution in [2.45, 2.75) is 13.8 Å². The number of rotatable bonds is 2. The predicted octanol–water partition coefficient (Wildman–Crippen LogP) is 5.25. The maximum absolute atomic E-state index is 13.6. The zero-order chi connectivity index (χ0) is 18.3. The highest BCUT2D eigenvalue weighted by molar-refractivity contribution is 5.91. The van der Waals surface area contributed by atoms with Gasteiger partial charge in [0.15, 0.2) is 17.5 Å². The number of fused-ring (bicyclic) bond motifs is 1. The summed E-state index contributed by atoms with van der Waals surface area (Å²) in [6.45, 7) is 3.87. The lowest BCUT2D eigenvalue weighted by Gasteiger charge is -2.12. The summed E-state index contributed by atoms with van der Waals surface area (Å²) in [6.07, 6.45) is 3.43. The maximum Gasteiger partial charge on any atom is 0.161 e. The number of aryl methyl sites for hydroxylation is 2. The first-order valence-corrected chi connectivity index (χ1v) is 8.18. The summed E-state index contributed by atoms with van der Waals surface area (Å²) < 4.78 is 26.9. The zero-order valence-electron chi connectivity index (χ0n) is 14.3. The average Bonchev–Trinajstić information content (AvgIpc) is 2.65. The van der Waals surface area contributed by atoms with Crippen LogP contribution in [0.15, 0.2) is 54.9 Å². The van der Waals surface area contributed by atoms with E-state index in [1.807, 2.05) is 38.1 Å². The third kappa shape index (κ3) is 2.71. The molecule has 5 heteroatoms. The molecular formula is C21H15F2N3. The first kappa shape index (κ1) is 16.3. The van der Waals surface area contributed by atoms with Gasteiger partial charge in [-0.25, -0.2) is 18.7 Å². The van der Waals surface area contributed by atoms with Gasteiger partial charge in [-0.1, -0.05) is 12.1 Å². The van der Waals surface area contributed by atoms with Crippen LogP contribution in [0.1, 0.15) is 11.3 Å². The van der Waals surface area contributed by atoms with E-state index in [-0.39, 0.29) is 0 Å². The van der Waals surface area contributed by atoms with Crippen LogP contribution in [-0.2, 0) is 0 Å². The van der Waals surface area contributed by atoms with Crippen molar-refractivity contribution in [3.05, 3.63) is 77.8 Å². The summed E-state index contributed by atoms with van der Waals surface area (Å²) in [6, 6.07) is 11.4. The molecule has 0 spiro atoms. The van der Waals surface area contributed by atoms with E-state index in [9.17, 15) is 8.78 Å². The van der Waals surface area contributed by atoms with Crippen molar-refractivity contribution in [2.75, 3.05) is 0 Å². The van der Waals surface area contributed by atoms with E-state index in [4.69, 9.17) is 0 Å². The first-order chi connectivity index (χ1) is 12.5. The number of hydrogen-bond donors (Lipinski definition) is 0. The van der Waals surface area contributed by atoms with E-state index in [2.05, 4.69) is 15.0 Å². The lowest BCUT2D eigenvalue weighted by Crippen LogP contribution is -1.98. The molecule has 0 saturated heterocycles. The van der Waals surface area contributed by atoms with Gasteiger partial charge in [0.25, 0.3) is 0 Å². The highest BCUT2D eigenvalue weighted by atomic mass is 19.2. The normalized spacial score (nSPS) is 11.1. The minimum absolute atomic E-state index is 0.614. The van der Waals surface area contributed by atoms with Crippen LogP contribution in [0.3, 0.4) is 0 Å². The van der Waals surface area contributed by atoms with Gasteiger partial charge in [-0.15, -0.1) is 0 Å². The quantitative estimate of drug-likeness (QED) is 0.497. The number of halogens is 2. The Bertz CT molecular complexity index is 1130. The van der Waals surface area contributed by atoms with Gasteiger partial charge in [0.05, 0.1) is 5.52 Å². The van der Waals surface area contributed by atoms with Crippen LogP contribution in [0.4, 0.5) is 8.78 Å². The number of nitrogens with zero attached hydrogens (tertiary/aromatic N) is 3. The SMILES string of the molecule is Cc1nc(-c2cccnc2)nc2ccc(-c3ccc(F)c(F)c3)c(C)c12. The van der Waals surface area contributed by atoms with Crippen molar-refractivity contribution in [2.24, 2.45) is 0 Å². The summed E-state index contributed by atoms with van der Waals surface area (Å²) in [7, 11) is 0. The molecule has 2 aromatic carbocycles. The molecular weight excluding hydrogens is 332 g/mol. The Morgan fingerprint density at radius 1 is 0.846 bits per heavy atom. The molecule has 0 aliphatic heterocycles. The summed E-state index contributed by atoms with van der Waals surface area (Å²) in [5.41, 5.74) is 4.87. The molecule has 0 aliphatic rings. The van der Waals surface area contributed by atoms with Gasteiger partial charge in [0, 0.05) is 29.0 Å². The van der Waals surface area contributed by atoms with Crippen LogP contribution in [0, 0.1) is 25.5 Å². The Morgan fingerprint density at radius 2 is 1.69 bits per heavy atom. The smallest absolute Gasteiger partial charge is 0.161 e. The van der Waals surface area contributed by atoms with Gasteiger partial charge >= 0.3 is 0 Å². The van der Waals surface area contributed by atoms with E-state index >= 15 is 0 Å². The Hall–Kier alpha value is -3.21. The molecule has 0 saturated carbocycles. The molecule has 0 N–H and O–H groups in total. The number of aromatic nitrogens is 3. The molecule has 0 atom stereocenters. The molecule has 2 aromatic heterocycles. The van der Waals surface area contributed by atoms with Crippen LogP contribution in [0.2, 0.25) is 0 Å². The van der Waals surface area contributed by atoms with Crippen molar-refractivity contribution in [1.82, 2.24) is 15.0 Å². The van der Waals surface area contributed by atoms with Crippen LogP contribution in [0.5, 0.6) is 0 Å². The second-order valence-electron chi connectivity index (χ2n) is 6.14. The standard InChI is InChI=1S/C21H15F2N3/c1-12-16(14-5-7-17(22)18(23)10-14)6-8-19-20(12)13(2)25-21(26-19)15-4-3-9-24-11-15/h3-11H,1-2H3. The first-order valence-electron chi connectivity index (χ1n) is 8.18. The van der Waals surface area contributed by atoms with Gasteiger partial charge in [-0.2, -0.15) is 0 Å². The second kappa shape index (κ2) is 6.26. The Kier molecular flexibility index (Phi) is 3.92. The van der Waals surface area contributed by atoms with Crippen LogP contribution < -0.4 is 0 Å². The van der Waals surface area contributed by atoms with Crippen molar-refractivity contribution in [3.8, 4) is 22.5 Å². The molecule has 0 unspecified atom stereocenters. The van der Waals surface area contributed by atoms with Gasteiger partial charge in [-0.3, -0.25) is 4.98 Å². The van der Waals surface area contributed by atoms with Crippen LogP contribution >= 0.6 is 0 Å². The Balaban J connectivity index is 1.91. The van der Waals surface area contributed by atoms with Crippen molar-refractivity contribution >= 4 is 10.9 Å². The zero-order valence-corrected chi connectivity index (χ0v) is 14.3. The molecule has 0 bridgehead atoms. The fraction of sp³-hybridized carbons (Fsp3) is 0.0952.